The van der Waals surface area contributed by atoms with Gasteiger partial charge in [-0.2, -0.15) is 11.8 Å². The fourth-order valence-corrected chi connectivity index (χ4v) is 2.57. The summed E-state index contributed by atoms with van der Waals surface area (Å²) in [5.74, 6) is 2.12. The summed E-state index contributed by atoms with van der Waals surface area (Å²) < 4.78 is 5.52. The molecule has 1 aromatic carbocycles. The number of fused-ring (bicyclic) bond motifs is 1. The predicted octanol–water partition coefficient (Wildman–Crippen LogP) is 4.15. The Morgan fingerprint density at radius 1 is 1.35 bits per heavy atom. The van der Waals surface area contributed by atoms with Crippen molar-refractivity contribution in [1.29, 1.82) is 0 Å². The highest BCUT2D eigenvalue weighted by Gasteiger charge is 2.11. The van der Waals surface area contributed by atoms with Crippen molar-refractivity contribution in [1.82, 2.24) is 0 Å². The molecule has 0 bridgehead atoms. The number of ketones is 1. The largest absolute Gasteiger partial charge is 0.453 e. The van der Waals surface area contributed by atoms with E-state index in [4.69, 9.17) is 4.42 Å². The molecule has 0 aliphatic heterocycles. The van der Waals surface area contributed by atoms with Gasteiger partial charge in [0.15, 0.2) is 5.76 Å². The standard InChI is InChI=1S/C14H16O2S/c1-2-3-8-17-10-12(15)14-9-11-6-4-5-7-13(11)16-14/h4-7,9H,2-3,8,10H2,1H3. The van der Waals surface area contributed by atoms with Gasteiger partial charge in [0.1, 0.15) is 5.58 Å². The lowest BCUT2D eigenvalue weighted by Gasteiger charge is -1.97. The number of hydrogen-bond donors (Lipinski definition) is 0. The summed E-state index contributed by atoms with van der Waals surface area (Å²) in [6, 6.07) is 9.53. The summed E-state index contributed by atoms with van der Waals surface area (Å²) >= 11 is 1.68. The molecule has 0 aliphatic rings. The topological polar surface area (TPSA) is 30.2 Å². The zero-order chi connectivity index (χ0) is 12.1. The third kappa shape index (κ3) is 3.13. The van der Waals surface area contributed by atoms with Gasteiger partial charge in [0.25, 0.3) is 0 Å². The zero-order valence-electron chi connectivity index (χ0n) is 9.94. The number of carbonyl (C=O) groups excluding carboxylic acids is 1. The summed E-state index contributed by atoms with van der Waals surface area (Å²) in [5, 5.41) is 0.995. The van der Waals surface area contributed by atoms with E-state index in [9.17, 15) is 4.79 Å². The second-order valence-electron chi connectivity index (χ2n) is 3.98. The number of Topliss-reactive ketones (excluding diaryl/α,β-unsaturated/α-hetero) is 1. The van der Waals surface area contributed by atoms with Gasteiger partial charge >= 0.3 is 0 Å². The minimum absolute atomic E-state index is 0.0855. The molecule has 17 heavy (non-hydrogen) atoms. The lowest BCUT2D eigenvalue weighted by molar-refractivity contribution is 0.0994. The highest BCUT2D eigenvalue weighted by Crippen LogP contribution is 2.20. The molecule has 90 valence electrons. The molecular weight excluding hydrogens is 232 g/mol. The average molecular weight is 248 g/mol. The lowest BCUT2D eigenvalue weighted by atomic mass is 10.2. The highest BCUT2D eigenvalue weighted by molar-refractivity contribution is 7.99. The van der Waals surface area contributed by atoms with Crippen LogP contribution in [0.5, 0.6) is 0 Å². The smallest absolute Gasteiger partial charge is 0.207 e. The van der Waals surface area contributed by atoms with Crippen molar-refractivity contribution in [3.63, 3.8) is 0 Å². The number of furan rings is 1. The predicted molar refractivity (Wildman–Crippen MR) is 72.8 cm³/mol. The summed E-state index contributed by atoms with van der Waals surface area (Å²) in [6.45, 7) is 2.15. The van der Waals surface area contributed by atoms with E-state index in [1.807, 2.05) is 30.3 Å². The first-order valence-electron chi connectivity index (χ1n) is 5.91. The molecule has 3 heteroatoms. The van der Waals surface area contributed by atoms with Crippen LogP contribution in [0.15, 0.2) is 34.7 Å². The van der Waals surface area contributed by atoms with E-state index >= 15 is 0 Å². The van der Waals surface area contributed by atoms with Crippen LogP contribution >= 0.6 is 11.8 Å². The lowest BCUT2D eigenvalue weighted by Crippen LogP contribution is -2.01. The third-order valence-electron chi connectivity index (χ3n) is 2.58. The van der Waals surface area contributed by atoms with Crippen LogP contribution in [0.25, 0.3) is 11.0 Å². The molecule has 1 aromatic heterocycles. The Balaban J connectivity index is 1.99. The maximum absolute atomic E-state index is 11.9. The summed E-state index contributed by atoms with van der Waals surface area (Å²) in [6.07, 6.45) is 2.34. The Hall–Kier alpha value is -1.22. The van der Waals surface area contributed by atoms with Gasteiger partial charge in [-0.15, -0.1) is 0 Å². The van der Waals surface area contributed by atoms with Crippen LogP contribution in [0, 0.1) is 0 Å². The maximum Gasteiger partial charge on any atom is 0.207 e. The van der Waals surface area contributed by atoms with Gasteiger partial charge in [-0.25, -0.2) is 0 Å². The molecule has 2 rings (SSSR count). The van der Waals surface area contributed by atoms with Crippen molar-refractivity contribution in [2.45, 2.75) is 19.8 Å². The van der Waals surface area contributed by atoms with E-state index in [1.165, 1.54) is 6.42 Å². The van der Waals surface area contributed by atoms with Crippen molar-refractivity contribution in [3.8, 4) is 0 Å². The first-order chi connectivity index (χ1) is 8.31. The van der Waals surface area contributed by atoms with Crippen LogP contribution in [0.4, 0.5) is 0 Å². The van der Waals surface area contributed by atoms with E-state index in [-0.39, 0.29) is 5.78 Å². The molecule has 0 unspecified atom stereocenters. The van der Waals surface area contributed by atoms with Crippen molar-refractivity contribution in [3.05, 3.63) is 36.1 Å². The number of unbranched alkanes of at least 4 members (excludes halogenated alkanes) is 1. The quantitative estimate of drug-likeness (QED) is 0.568. The van der Waals surface area contributed by atoms with Gasteiger partial charge in [-0.1, -0.05) is 31.5 Å². The van der Waals surface area contributed by atoms with Gasteiger partial charge in [-0.05, 0) is 24.3 Å². The first kappa shape index (κ1) is 12.2. The van der Waals surface area contributed by atoms with Crippen LogP contribution in [-0.4, -0.2) is 17.3 Å². The number of rotatable bonds is 6. The molecule has 0 aliphatic carbocycles. The fraction of sp³-hybridized carbons (Fsp3) is 0.357. The molecule has 0 spiro atoms. The summed E-state index contributed by atoms with van der Waals surface area (Å²) in [5.41, 5.74) is 0.786. The SMILES string of the molecule is CCCCSCC(=O)c1cc2ccccc2o1. The number of benzene rings is 1. The minimum Gasteiger partial charge on any atom is -0.453 e. The summed E-state index contributed by atoms with van der Waals surface area (Å²) in [7, 11) is 0. The molecule has 0 fully saturated rings. The minimum atomic E-state index is 0.0855. The van der Waals surface area contributed by atoms with Crippen LogP contribution in [-0.2, 0) is 0 Å². The molecule has 0 saturated heterocycles. The van der Waals surface area contributed by atoms with Crippen molar-refractivity contribution >= 4 is 28.5 Å². The third-order valence-corrected chi connectivity index (χ3v) is 3.62. The van der Waals surface area contributed by atoms with Crippen molar-refractivity contribution < 1.29 is 9.21 Å². The molecule has 2 nitrogen and oxygen atoms in total. The number of thioether (sulfide) groups is 1. The Morgan fingerprint density at radius 2 is 2.18 bits per heavy atom. The Labute approximate surface area is 105 Å². The maximum atomic E-state index is 11.9. The number of hydrogen-bond acceptors (Lipinski definition) is 3. The highest BCUT2D eigenvalue weighted by atomic mass is 32.2. The van der Waals surface area contributed by atoms with E-state index in [1.54, 1.807) is 11.8 Å². The molecule has 0 radical (unpaired) electrons. The van der Waals surface area contributed by atoms with Crippen molar-refractivity contribution in [2.24, 2.45) is 0 Å². The molecule has 2 aromatic rings. The molecule has 0 atom stereocenters. The Morgan fingerprint density at radius 3 is 2.94 bits per heavy atom. The van der Waals surface area contributed by atoms with E-state index in [0.29, 0.717) is 11.5 Å². The number of para-hydroxylation sites is 1. The molecule has 0 N–H and O–H groups in total. The molecule has 0 amide bonds. The molecule has 0 saturated carbocycles. The van der Waals surface area contributed by atoms with E-state index in [0.717, 1.165) is 23.1 Å². The van der Waals surface area contributed by atoms with Crippen LogP contribution < -0.4 is 0 Å². The summed E-state index contributed by atoms with van der Waals surface area (Å²) in [4.78, 5) is 11.9. The Kier molecular flexibility index (Phi) is 4.26. The van der Waals surface area contributed by atoms with Crippen LogP contribution in [0.3, 0.4) is 0 Å². The van der Waals surface area contributed by atoms with Crippen molar-refractivity contribution in [2.75, 3.05) is 11.5 Å². The van der Waals surface area contributed by atoms with E-state index < -0.39 is 0 Å². The van der Waals surface area contributed by atoms with Gasteiger partial charge in [-0.3, -0.25) is 4.79 Å². The average Bonchev–Trinajstić information content (AvgIpc) is 2.78. The zero-order valence-corrected chi connectivity index (χ0v) is 10.8. The van der Waals surface area contributed by atoms with E-state index in [2.05, 4.69) is 6.92 Å². The van der Waals surface area contributed by atoms with Gasteiger partial charge in [0.05, 0.1) is 5.75 Å². The second kappa shape index (κ2) is 5.92. The Bertz CT molecular complexity index is 469. The van der Waals surface area contributed by atoms with Gasteiger partial charge < -0.3 is 4.42 Å². The van der Waals surface area contributed by atoms with Gasteiger partial charge in [0, 0.05) is 5.39 Å². The molecule has 1 heterocycles. The monoisotopic (exact) mass is 248 g/mol. The van der Waals surface area contributed by atoms with Crippen LogP contribution in [0.1, 0.15) is 30.3 Å². The normalized spacial score (nSPS) is 10.9. The van der Waals surface area contributed by atoms with Crippen LogP contribution in [0.2, 0.25) is 0 Å². The fourth-order valence-electron chi connectivity index (χ4n) is 1.60. The number of carbonyl (C=O) groups is 1. The first-order valence-corrected chi connectivity index (χ1v) is 7.06. The molecular formula is C14H16O2S. The van der Waals surface area contributed by atoms with Gasteiger partial charge in [0.2, 0.25) is 5.78 Å². The second-order valence-corrected chi connectivity index (χ2v) is 5.08.